The monoisotopic (exact) mass is 322 g/mol. The molecule has 4 nitrogen and oxygen atoms in total. The number of amides is 2. The van der Waals surface area contributed by atoms with E-state index in [9.17, 15) is 9.59 Å². The fraction of sp³-hybridized carbons (Fsp3) is 0.300. The van der Waals surface area contributed by atoms with Gasteiger partial charge in [0, 0.05) is 31.6 Å². The summed E-state index contributed by atoms with van der Waals surface area (Å²) in [4.78, 5) is 25.9. The third-order valence-electron chi connectivity index (χ3n) is 4.27. The Balaban J connectivity index is 1.62. The minimum atomic E-state index is -0.0916. The fourth-order valence-electron chi connectivity index (χ4n) is 3.01. The zero-order valence-electron chi connectivity index (χ0n) is 13.9. The molecule has 0 spiro atoms. The lowest BCUT2D eigenvalue weighted by atomic mass is 10.1. The van der Waals surface area contributed by atoms with Crippen molar-refractivity contribution in [2.24, 2.45) is 0 Å². The van der Waals surface area contributed by atoms with Gasteiger partial charge in [-0.15, -0.1) is 0 Å². The molecule has 3 rings (SSSR count). The van der Waals surface area contributed by atoms with Crippen LogP contribution in [0.15, 0.2) is 48.5 Å². The molecule has 0 atom stereocenters. The van der Waals surface area contributed by atoms with E-state index in [0.717, 1.165) is 24.1 Å². The van der Waals surface area contributed by atoms with Gasteiger partial charge in [-0.05, 0) is 36.6 Å². The minimum Gasteiger partial charge on any atom is -0.348 e. The van der Waals surface area contributed by atoms with Crippen molar-refractivity contribution in [3.8, 4) is 0 Å². The van der Waals surface area contributed by atoms with Crippen LogP contribution in [-0.4, -0.2) is 23.3 Å². The normalized spacial score (nSPS) is 14.0. The van der Waals surface area contributed by atoms with Crippen molar-refractivity contribution in [1.82, 2.24) is 10.2 Å². The van der Waals surface area contributed by atoms with Crippen LogP contribution < -0.4 is 5.32 Å². The predicted molar refractivity (Wildman–Crippen MR) is 93.4 cm³/mol. The van der Waals surface area contributed by atoms with Crippen LogP contribution >= 0.6 is 0 Å². The average Bonchev–Trinajstić information content (AvgIpc) is 2.98. The molecule has 1 heterocycles. The summed E-state index contributed by atoms with van der Waals surface area (Å²) in [7, 11) is 0. The first-order valence-electron chi connectivity index (χ1n) is 8.32. The molecular formula is C20H22N2O2. The van der Waals surface area contributed by atoms with E-state index in [-0.39, 0.29) is 11.8 Å². The van der Waals surface area contributed by atoms with Gasteiger partial charge >= 0.3 is 0 Å². The first-order valence-corrected chi connectivity index (χ1v) is 8.32. The second-order valence-corrected chi connectivity index (χ2v) is 6.29. The van der Waals surface area contributed by atoms with Gasteiger partial charge in [0.05, 0.1) is 0 Å². The highest BCUT2D eigenvalue weighted by Gasteiger charge is 2.20. The maximum Gasteiger partial charge on any atom is 0.251 e. The fourth-order valence-corrected chi connectivity index (χ4v) is 3.01. The lowest BCUT2D eigenvalue weighted by molar-refractivity contribution is -0.128. The SMILES string of the molecule is Cc1cccc(CNC(=O)c2cccc(CN3CCCC3=O)c2)c1. The number of nitrogens with zero attached hydrogens (tertiary/aromatic N) is 1. The number of carbonyl (C=O) groups is 2. The van der Waals surface area contributed by atoms with Gasteiger partial charge in [0.25, 0.3) is 5.91 Å². The number of aryl methyl sites for hydroxylation is 1. The predicted octanol–water partition coefficient (Wildman–Crippen LogP) is 3.05. The van der Waals surface area contributed by atoms with Gasteiger partial charge in [-0.3, -0.25) is 9.59 Å². The molecule has 0 aromatic heterocycles. The van der Waals surface area contributed by atoms with Crippen LogP contribution in [0, 0.1) is 6.92 Å². The molecule has 1 aliphatic rings. The molecule has 0 radical (unpaired) electrons. The Morgan fingerprint density at radius 2 is 1.92 bits per heavy atom. The summed E-state index contributed by atoms with van der Waals surface area (Å²) in [6.45, 7) is 3.93. The van der Waals surface area contributed by atoms with E-state index in [1.807, 2.05) is 48.2 Å². The Kier molecular flexibility index (Phi) is 4.94. The van der Waals surface area contributed by atoms with Gasteiger partial charge in [-0.25, -0.2) is 0 Å². The van der Waals surface area contributed by atoms with Gasteiger partial charge in [0.1, 0.15) is 0 Å². The Labute approximate surface area is 142 Å². The molecule has 1 saturated heterocycles. The summed E-state index contributed by atoms with van der Waals surface area (Å²) in [6, 6.07) is 15.6. The molecule has 2 amide bonds. The van der Waals surface area contributed by atoms with Gasteiger partial charge in [-0.1, -0.05) is 42.0 Å². The molecular weight excluding hydrogens is 300 g/mol. The minimum absolute atomic E-state index is 0.0916. The topological polar surface area (TPSA) is 49.4 Å². The summed E-state index contributed by atoms with van der Waals surface area (Å²) in [5, 5.41) is 2.95. The van der Waals surface area contributed by atoms with Crippen LogP contribution in [0.1, 0.15) is 39.9 Å². The Morgan fingerprint density at radius 1 is 1.12 bits per heavy atom. The highest BCUT2D eigenvalue weighted by molar-refractivity contribution is 5.94. The lowest BCUT2D eigenvalue weighted by Gasteiger charge is -2.16. The van der Waals surface area contributed by atoms with Crippen molar-refractivity contribution >= 4 is 11.8 Å². The van der Waals surface area contributed by atoms with E-state index < -0.39 is 0 Å². The zero-order valence-corrected chi connectivity index (χ0v) is 13.9. The van der Waals surface area contributed by atoms with Crippen molar-refractivity contribution < 1.29 is 9.59 Å². The van der Waals surface area contributed by atoms with Crippen molar-refractivity contribution in [2.75, 3.05) is 6.54 Å². The number of likely N-dealkylation sites (tertiary alicyclic amines) is 1. The quantitative estimate of drug-likeness (QED) is 0.920. The molecule has 4 heteroatoms. The van der Waals surface area contributed by atoms with Crippen molar-refractivity contribution in [3.63, 3.8) is 0 Å². The molecule has 0 aliphatic carbocycles. The van der Waals surface area contributed by atoms with E-state index in [1.165, 1.54) is 5.56 Å². The third kappa shape index (κ3) is 4.02. The molecule has 1 N–H and O–H groups in total. The Morgan fingerprint density at radius 3 is 2.67 bits per heavy atom. The lowest BCUT2D eigenvalue weighted by Crippen LogP contribution is -2.25. The van der Waals surface area contributed by atoms with Crippen LogP contribution in [-0.2, 0) is 17.9 Å². The van der Waals surface area contributed by atoms with Gasteiger partial charge in [0.2, 0.25) is 5.91 Å². The number of benzene rings is 2. The average molecular weight is 322 g/mol. The maximum atomic E-state index is 12.4. The summed E-state index contributed by atoms with van der Waals surface area (Å²) >= 11 is 0. The number of carbonyl (C=O) groups excluding carboxylic acids is 2. The van der Waals surface area contributed by atoms with Gasteiger partial charge in [0.15, 0.2) is 0 Å². The molecule has 24 heavy (non-hydrogen) atoms. The van der Waals surface area contributed by atoms with Crippen LogP contribution in [0.3, 0.4) is 0 Å². The second kappa shape index (κ2) is 7.30. The van der Waals surface area contributed by atoms with Crippen LogP contribution in [0.25, 0.3) is 0 Å². The number of hydrogen-bond donors (Lipinski definition) is 1. The summed E-state index contributed by atoms with van der Waals surface area (Å²) in [5.74, 6) is 0.107. The zero-order chi connectivity index (χ0) is 16.9. The molecule has 124 valence electrons. The van der Waals surface area contributed by atoms with Gasteiger partial charge < -0.3 is 10.2 Å². The smallest absolute Gasteiger partial charge is 0.251 e. The summed E-state index contributed by atoms with van der Waals surface area (Å²) in [5.41, 5.74) is 3.89. The number of hydrogen-bond acceptors (Lipinski definition) is 2. The number of nitrogens with one attached hydrogen (secondary N) is 1. The van der Waals surface area contributed by atoms with Crippen LogP contribution in [0.4, 0.5) is 0 Å². The Bertz CT molecular complexity index is 755. The molecule has 1 fully saturated rings. The van der Waals surface area contributed by atoms with E-state index in [1.54, 1.807) is 6.07 Å². The summed E-state index contributed by atoms with van der Waals surface area (Å²) in [6.07, 6.45) is 1.56. The standard InChI is InChI=1S/C20H22N2O2/c1-15-5-2-6-16(11-15)13-21-20(24)18-8-3-7-17(12-18)14-22-10-4-9-19(22)23/h2-3,5-8,11-12H,4,9-10,13-14H2,1H3,(H,21,24). The molecule has 2 aromatic rings. The Hall–Kier alpha value is -2.62. The largest absolute Gasteiger partial charge is 0.348 e. The highest BCUT2D eigenvalue weighted by atomic mass is 16.2. The van der Waals surface area contributed by atoms with E-state index >= 15 is 0 Å². The molecule has 2 aromatic carbocycles. The molecule has 0 bridgehead atoms. The van der Waals surface area contributed by atoms with Crippen molar-refractivity contribution in [1.29, 1.82) is 0 Å². The van der Waals surface area contributed by atoms with E-state index in [4.69, 9.17) is 0 Å². The van der Waals surface area contributed by atoms with Gasteiger partial charge in [-0.2, -0.15) is 0 Å². The van der Waals surface area contributed by atoms with Crippen LogP contribution in [0.2, 0.25) is 0 Å². The first-order chi connectivity index (χ1) is 11.6. The molecule has 0 saturated carbocycles. The highest BCUT2D eigenvalue weighted by Crippen LogP contribution is 2.15. The first kappa shape index (κ1) is 16.2. The van der Waals surface area contributed by atoms with Crippen molar-refractivity contribution in [2.45, 2.75) is 32.9 Å². The maximum absolute atomic E-state index is 12.4. The molecule has 0 unspecified atom stereocenters. The van der Waals surface area contributed by atoms with Crippen LogP contribution in [0.5, 0.6) is 0 Å². The van der Waals surface area contributed by atoms with E-state index in [2.05, 4.69) is 11.4 Å². The second-order valence-electron chi connectivity index (χ2n) is 6.29. The van der Waals surface area contributed by atoms with Crippen molar-refractivity contribution in [3.05, 3.63) is 70.8 Å². The van der Waals surface area contributed by atoms with E-state index in [0.29, 0.717) is 25.1 Å². The number of rotatable bonds is 5. The summed E-state index contributed by atoms with van der Waals surface area (Å²) < 4.78 is 0. The third-order valence-corrected chi connectivity index (χ3v) is 4.27. The molecule has 1 aliphatic heterocycles.